The number of carboxylic acid groups (broad SMARTS) is 1. The Bertz CT molecular complexity index is 807. The summed E-state index contributed by atoms with van der Waals surface area (Å²) in [7, 11) is 0. The smallest absolute Gasteiger partial charge is 0.311 e. The first-order chi connectivity index (χ1) is 12.4. The predicted molar refractivity (Wildman–Crippen MR) is 108 cm³/mol. The van der Waals surface area contributed by atoms with Crippen molar-refractivity contribution in [2.24, 2.45) is 5.10 Å². The molecule has 1 atom stereocenters. The monoisotopic (exact) mass is 350 g/mol. The zero-order chi connectivity index (χ0) is 19.1. The summed E-state index contributed by atoms with van der Waals surface area (Å²) in [6.45, 7) is 7.94. The fraction of sp³-hybridized carbons (Fsp3) is 0.273. The number of hydrazone groups is 1. The second-order valence-corrected chi connectivity index (χ2v) is 6.42. The van der Waals surface area contributed by atoms with Gasteiger partial charge < -0.3 is 5.11 Å². The minimum Gasteiger partial charge on any atom is -0.481 e. The zero-order valence-electron chi connectivity index (χ0n) is 15.8. The van der Waals surface area contributed by atoms with Crippen LogP contribution < -0.4 is 5.01 Å². The van der Waals surface area contributed by atoms with Crippen molar-refractivity contribution in [2.45, 2.75) is 40.0 Å². The summed E-state index contributed by atoms with van der Waals surface area (Å²) in [4.78, 5) is 11.7. The number of anilines is 1. The molecule has 0 amide bonds. The summed E-state index contributed by atoms with van der Waals surface area (Å²) < 4.78 is 0. The number of carboxylic acids is 1. The molecule has 0 radical (unpaired) electrons. The highest BCUT2D eigenvalue weighted by molar-refractivity contribution is 5.80. The molecular weight excluding hydrogens is 324 g/mol. The summed E-state index contributed by atoms with van der Waals surface area (Å²) in [5.74, 6) is -1.45. The molecule has 1 N–H and O–H groups in total. The predicted octanol–water partition coefficient (Wildman–Crippen LogP) is 5.28. The number of carbonyl (C=O) groups is 1. The third kappa shape index (κ3) is 5.06. The second kappa shape index (κ2) is 8.99. The number of rotatable bonds is 7. The van der Waals surface area contributed by atoms with E-state index < -0.39 is 11.9 Å². The van der Waals surface area contributed by atoms with Crippen molar-refractivity contribution in [3.63, 3.8) is 0 Å². The van der Waals surface area contributed by atoms with Crippen LogP contribution in [-0.2, 0) is 4.79 Å². The van der Waals surface area contributed by atoms with Crippen LogP contribution in [-0.4, -0.2) is 17.3 Å². The van der Waals surface area contributed by atoms with Gasteiger partial charge in [-0.3, -0.25) is 4.79 Å². The van der Waals surface area contributed by atoms with Gasteiger partial charge in [0.25, 0.3) is 0 Å². The lowest BCUT2D eigenvalue weighted by Gasteiger charge is -2.20. The van der Waals surface area contributed by atoms with Crippen LogP contribution in [0.15, 0.2) is 65.4 Å². The van der Waals surface area contributed by atoms with Crippen LogP contribution in [0.1, 0.15) is 42.9 Å². The Morgan fingerprint density at radius 1 is 1.15 bits per heavy atom. The molecule has 0 aromatic heterocycles. The molecule has 0 bridgehead atoms. The summed E-state index contributed by atoms with van der Waals surface area (Å²) in [5.41, 5.74) is 4.96. The Labute approximate surface area is 155 Å². The van der Waals surface area contributed by atoms with E-state index in [1.165, 1.54) is 5.56 Å². The second-order valence-electron chi connectivity index (χ2n) is 6.42. The lowest BCUT2D eigenvalue weighted by atomic mass is 9.95. The van der Waals surface area contributed by atoms with E-state index in [4.69, 9.17) is 0 Å². The molecule has 2 aromatic carbocycles. The number of benzene rings is 2. The largest absolute Gasteiger partial charge is 0.481 e. The van der Waals surface area contributed by atoms with Crippen LogP contribution in [0.3, 0.4) is 0 Å². The molecule has 0 aliphatic heterocycles. The molecule has 136 valence electrons. The van der Waals surface area contributed by atoms with Gasteiger partial charge in [-0.25, -0.2) is 5.01 Å². The number of hydrogen-bond acceptors (Lipinski definition) is 3. The van der Waals surface area contributed by atoms with Crippen LogP contribution >= 0.6 is 0 Å². The molecule has 4 nitrogen and oxygen atoms in total. The maximum Gasteiger partial charge on any atom is 0.311 e. The third-order valence-electron chi connectivity index (χ3n) is 4.31. The van der Waals surface area contributed by atoms with E-state index in [-0.39, 0.29) is 0 Å². The quantitative estimate of drug-likeness (QED) is 0.546. The van der Waals surface area contributed by atoms with Gasteiger partial charge in [-0.1, -0.05) is 53.6 Å². The SMILES string of the molecule is C/C=C(/C)N(/N=C/CC(C(=O)O)c1cccc(C)c1)c1ccc(C)cc1. The van der Waals surface area contributed by atoms with Gasteiger partial charge in [0.1, 0.15) is 0 Å². The Balaban J connectivity index is 2.22. The normalized spacial score (nSPS) is 13.0. The van der Waals surface area contributed by atoms with E-state index in [1.807, 2.05) is 87.3 Å². The summed E-state index contributed by atoms with van der Waals surface area (Å²) >= 11 is 0. The molecule has 1 unspecified atom stereocenters. The van der Waals surface area contributed by atoms with Gasteiger partial charge in [-0.05, 0) is 45.4 Å². The molecular formula is C22H26N2O2. The van der Waals surface area contributed by atoms with Crippen molar-refractivity contribution in [1.82, 2.24) is 0 Å². The van der Waals surface area contributed by atoms with Crippen molar-refractivity contribution in [1.29, 1.82) is 0 Å². The number of hydrogen-bond donors (Lipinski definition) is 1. The van der Waals surface area contributed by atoms with E-state index in [9.17, 15) is 9.90 Å². The zero-order valence-corrected chi connectivity index (χ0v) is 15.8. The van der Waals surface area contributed by atoms with E-state index >= 15 is 0 Å². The Kier molecular flexibility index (Phi) is 6.73. The molecule has 0 heterocycles. The van der Waals surface area contributed by atoms with Crippen molar-refractivity contribution in [2.75, 3.05) is 5.01 Å². The average molecular weight is 350 g/mol. The van der Waals surface area contributed by atoms with Gasteiger partial charge >= 0.3 is 5.97 Å². The Morgan fingerprint density at radius 3 is 2.42 bits per heavy atom. The molecule has 0 spiro atoms. The van der Waals surface area contributed by atoms with Gasteiger partial charge in [0, 0.05) is 18.3 Å². The van der Waals surface area contributed by atoms with Gasteiger partial charge in [-0.15, -0.1) is 0 Å². The number of aliphatic carboxylic acids is 1. The minimum atomic E-state index is -0.841. The highest BCUT2D eigenvalue weighted by atomic mass is 16.4. The Morgan fingerprint density at radius 2 is 1.85 bits per heavy atom. The van der Waals surface area contributed by atoms with Gasteiger partial charge in [0.05, 0.1) is 11.6 Å². The first kappa shape index (κ1) is 19.4. The Hall–Kier alpha value is -2.88. The molecule has 0 aliphatic rings. The van der Waals surface area contributed by atoms with Crippen LogP contribution in [0, 0.1) is 13.8 Å². The van der Waals surface area contributed by atoms with Crippen LogP contribution in [0.4, 0.5) is 5.69 Å². The molecule has 26 heavy (non-hydrogen) atoms. The lowest BCUT2D eigenvalue weighted by Crippen LogP contribution is -2.16. The summed E-state index contributed by atoms with van der Waals surface area (Å²) in [6, 6.07) is 15.7. The third-order valence-corrected chi connectivity index (χ3v) is 4.31. The average Bonchev–Trinajstić information content (AvgIpc) is 2.62. The molecule has 0 aliphatic carbocycles. The van der Waals surface area contributed by atoms with Crippen molar-refractivity contribution in [3.8, 4) is 0 Å². The van der Waals surface area contributed by atoms with E-state index in [1.54, 1.807) is 6.21 Å². The maximum atomic E-state index is 11.7. The fourth-order valence-corrected chi connectivity index (χ4v) is 2.67. The number of allylic oxidation sites excluding steroid dienone is 2. The minimum absolute atomic E-state index is 0.331. The van der Waals surface area contributed by atoms with E-state index in [0.29, 0.717) is 6.42 Å². The first-order valence-corrected chi connectivity index (χ1v) is 8.74. The van der Waals surface area contributed by atoms with Crippen molar-refractivity contribution < 1.29 is 9.90 Å². The topological polar surface area (TPSA) is 52.9 Å². The lowest BCUT2D eigenvalue weighted by molar-refractivity contribution is -0.138. The van der Waals surface area contributed by atoms with E-state index in [2.05, 4.69) is 5.10 Å². The number of aryl methyl sites for hydroxylation is 2. The maximum absolute atomic E-state index is 11.7. The highest BCUT2D eigenvalue weighted by Gasteiger charge is 2.19. The van der Waals surface area contributed by atoms with Crippen molar-refractivity contribution in [3.05, 3.63) is 77.0 Å². The van der Waals surface area contributed by atoms with Gasteiger partial charge in [-0.2, -0.15) is 5.10 Å². The molecule has 2 rings (SSSR count). The van der Waals surface area contributed by atoms with Gasteiger partial charge in [0.15, 0.2) is 0 Å². The van der Waals surface area contributed by atoms with Crippen LogP contribution in [0.2, 0.25) is 0 Å². The molecule has 4 heteroatoms. The summed E-state index contributed by atoms with van der Waals surface area (Å²) in [5, 5.41) is 16.0. The van der Waals surface area contributed by atoms with Crippen LogP contribution in [0.25, 0.3) is 0 Å². The molecule has 0 saturated heterocycles. The fourth-order valence-electron chi connectivity index (χ4n) is 2.67. The molecule has 2 aromatic rings. The standard InChI is InChI=1S/C22H26N2O2/c1-5-18(4)24(20-11-9-16(2)10-12-20)23-14-13-21(22(25)26)19-8-6-7-17(3)15-19/h5-12,14-15,21H,13H2,1-4H3,(H,25,26)/b18-5-,23-14+. The van der Waals surface area contributed by atoms with E-state index in [0.717, 1.165) is 22.5 Å². The molecule has 0 fully saturated rings. The summed E-state index contributed by atoms with van der Waals surface area (Å²) in [6.07, 6.45) is 4.00. The van der Waals surface area contributed by atoms with Gasteiger partial charge in [0.2, 0.25) is 0 Å². The van der Waals surface area contributed by atoms with Crippen LogP contribution in [0.5, 0.6) is 0 Å². The highest BCUT2D eigenvalue weighted by Crippen LogP contribution is 2.22. The van der Waals surface area contributed by atoms with Crippen molar-refractivity contribution >= 4 is 17.9 Å². The number of nitrogens with zero attached hydrogens (tertiary/aromatic N) is 2. The first-order valence-electron chi connectivity index (χ1n) is 8.74. The molecule has 0 saturated carbocycles.